The lowest BCUT2D eigenvalue weighted by atomic mass is 9.91. The fourth-order valence-corrected chi connectivity index (χ4v) is 3.70. The minimum Gasteiger partial charge on any atom is -0.334 e. The summed E-state index contributed by atoms with van der Waals surface area (Å²) in [6, 6.07) is 15.9. The fraction of sp³-hybridized carbons (Fsp3) is 0.125. The highest BCUT2D eigenvalue weighted by Crippen LogP contribution is 2.32. The lowest BCUT2D eigenvalue weighted by molar-refractivity contribution is 0.0619. The molecule has 2 N–H and O–H groups in total. The van der Waals surface area contributed by atoms with Crippen LogP contribution in [0, 0.1) is 0 Å². The van der Waals surface area contributed by atoms with Crippen LogP contribution < -0.4 is 10.6 Å². The number of amides is 4. The van der Waals surface area contributed by atoms with E-state index in [1.54, 1.807) is 43.3 Å². The molecule has 0 bridgehead atoms. The zero-order chi connectivity index (χ0) is 21.3. The molecule has 1 heterocycles. The molecule has 150 valence electrons. The third kappa shape index (κ3) is 3.33. The Hall–Kier alpha value is -3.93. The van der Waals surface area contributed by atoms with Gasteiger partial charge >= 0.3 is 6.03 Å². The first-order valence-corrected chi connectivity index (χ1v) is 9.71. The molecule has 1 aliphatic heterocycles. The van der Waals surface area contributed by atoms with Crippen molar-refractivity contribution in [1.82, 2.24) is 10.2 Å². The number of hydrogen-bond donors (Lipinski definition) is 2. The van der Waals surface area contributed by atoms with Gasteiger partial charge in [0.2, 0.25) is 0 Å². The molecular weight excluding hydrogens is 378 g/mol. The number of rotatable bonds is 5. The van der Waals surface area contributed by atoms with E-state index in [1.807, 2.05) is 24.3 Å². The normalized spacial score (nSPS) is 12.8. The van der Waals surface area contributed by atoms with Crippen molar-refractivity contribution in [1.29, 1.82) is 0 Å². The summed E-state index contributed by atoms with van der Waals surface area (Å²) >= 11 is 0. The van der Waals surface area contributed by atoms with Gasteiger partial charge in [0.15, 0.2) is 0 Å². The third-order valence-electron chi connectivity index (χ3n) is 5.24. The standard InChI is InChI=1S/C24H21N3O3/c1-3-15-8-11-17(12-9-15)26-24(30)25-14-16-10-13-20-21-18(16)6-5-7-19(21)22(28)27(4-2)23(20)29/h3,5-13H,1,4,14H2,2H3,(H2,25,26,30). The molecule has 3 aromatic carbocycles. The third-order valence-corrected chi connectivity index (χ3v) is 5.24. The van der Waals surface area contributed by atoms with Gasteiger partial charge in [-0.2, -0.15) is 0 Å². The van der Waals surface area contributed by atoms with Crippen molar-refractivity contribution in [2.75, 3.05) is 11.9 Å². The molecule has 0 saturated heterocycles. The van der Waals surface area contributed by atoms with E-state index in [4.69, 9.17) is 0 Å². The fourth-order valence-electron chi connectivity index (χ4n) is 3.70. The molecule has 0 unspecified atom stereocenters. The smallest absolute Gasteiger partial charge is 0.319 e. The van der Waals surface area contributed by atoms with Gasteiger partial charge in [0.05, 0.1) is 0 Å². The van der Waals surface area contributed by atoms with Crippen molar-refractivity contribution < 1.29 is 14.4 Å². The predicted octanol–water partition coefficient (Wildman–Crippen LogP) is 4.42. The molecule has 0 atom stereocenters. The highest BCUT2D eigenvalue weighted by atomic mass is 16.2. The Morgan fingerprint density at radius 1 is 1.00 bits per heavy atom. The number of anilines is 1. The summed E-state index contributed by atoms with van der Waals surface area (Å²) in [4.78, 5) is 38.9. The van der Waals surface area contributed by atoms with Gasteiger partial charge in [0, 0.05) is 35.3 Å². The number of hydrogen-bond acceptors (Lipinski definition) is 3. The van der Waals surface area contributed by atoms with Crippen LogP contribution in [-0.4, -0.2) is 29.3 Å². The summed E-state index contributed by atoms with van der Waals surface area (Å²) < 4.78 is 0. The maximum Gasteiger partial charge on any atom is 0.319 e. The van der Waals surface area contributed by atoms with Crippen LogP contribution in [0.4, 0.5) is 10.5 Å². The van der Waals surface area contributed by atoms with Crippen LogP contribution in [0.5, 0.6) is 0 Å². The Morgan fingerprint density at radius 3 is 2.37 bits per heavy atom. The molecule has 1 aliphatic rings. The SMILES string of the molecule is C=Cc1ccc(NC(=O)NCc2ccc3c4c(cccc24)C(=O)N(CC)C3=O)cc1. The van der Waals surface area contributed by atoms with E-state index in [1.165, 1.54) is 4.90 Å². The van der Waals surface area contributed by atoms with Crippen molar-refractivity contribution >= 4 is 40.4 Å². The summed E-state index contributed by atoms with van der Waals surface area (Å²) in [5.74, 6) is -0.571. The lowest BCUT2D eigenvalue weighted by Gasteiger charge is -2.26. The molecule has 4 rings (SSSR count). The minimum absolute atomic E-state index is 0.261. The number of carbonyl (C=O) groups excluding carboxylic acids is 3. The molecule has 3 aromatic rings. The summed E-state index contributed by atoms with van der Waals surface area (Å²) in [6.07, 6.45) is 1.73. The largest absolute Gasteiger partial charge is 0.334 e. The second kappa shape index (κ2) is 7.83. The van der Waals surface area contributed by atoms with Crippen LogP contribution in [0.1, 0.15) is 38.8 Å². The molecule has 0 aliphatic carbocycles. The number of carbonyl (C=O) groups is 3. The van der Waals surface area contributed by atoms with Gasteiger partial charge in [-0.05, 0) is 47.7 Å². The number of imide groups is 1. The topological polar surface area (TPSA) is 78.5 Å². The monoisotopic (exact) mass is 399 g/mol. The van der Waals surface area contributed by atoms with Crippen LogP contribution in [0.15, 0.2) is 61.2 Å². The number of benzene rings is 3. The molecule has 6 heteroatoms. The molecule has 0 radical (unpaired) electrons. The molecule has 30 heavy (non-hydrogen) atoms. The van der Waals surface area contributed by atoms with Gasteiger partial charge in [-0.1, -0.05) is 43.0 Å². The van der Waals surface area contributed by atoms with Crippen LogP contribution in [0.3, 0.4) is 0 Å². The first-order chi connectivity index (χ1) is 14.5. The Bertz CT molecular complexity index is 1160. The summed E-state index contributed by atoms with van der Waals surface area (Å²) in [6.45, 7) is 6.07. The summed E-state index contributed by atoms with van der Waals surface area (Å²) in [5.41, 5.74) is 3.50. The number of nitrogens with one attached hydrogen (secondary N) is 2. The number of nitrogens with zero attached hydrogens (tertiary/aromatic N) is 1. The molecule has 0 saturated carbocycles. The van der Waals surface area contributed by atoms with E-state index >= 15 is 0 Å². The molecule has 0 aromatic heterocycles. The van der Waals surface area contributed by atoms with Crippen molar-refractivity contribution in [2.24, 2.45) is 0 Å². The van der Waals surface area contributed by atoms with E-state index in [2.05, 4.69) is 17.2 Å². The average molecular weight is 399 g/mol. The van der Waals surface area contributed by atoms with E-state index in [0.29, 0.717) is 28.7 Å². The summed E-state index contributed by atoms with van der Waals surface area (Å²) in [7, 11) is 0. The Kier molecular flexibility index (Phi) is 5.06. The first kappa shape index (κ1) is 19.4. The van der Waals surface area contributed by atoms with Gasteiger partial charge in [0.25, 0.3) is 11.8 Å². The van der Waals surface area contributed by atoms with Gasteiger partial charge < -0.3 is 10.6 Å². The zero-order valence-electron chi connectivity index (χ0n) is 16.6. The van der Waals surface area contributed by atoms with Gasteiger partial charge in [0.1, 0.15) is 0 Å². The van der Waals surface area contributed by atoms with Crippen molar-refractivity contribution in [3.63, 3.8) is 0 Å². The van der Waals surface area contributed by atoms with E-state index in [9.17, 15) is 14.4 Å². The highest BCUT2D eigenvalue weighted by molar-refractivity contribution is 6.25. The van der Waals surface area contributed by atoms with Crippen LogP contribution in [0.25, 0.3) is 16.8 Å². The molecule has 0 fully saturated rings. The number of urea groups is 1. The van der Waals surface area contributed by atoms with Crippen LogP contribution in [0.2, 0.25) is 0 Å². The molecule has 6 nitrogen and oxygen atoms in total. The molecular formula is C24H21N3O3. The van der Waals surface area contributed by atoms with Crippen LogP contribution >= 0.6 is 0 Å². The van der Waals surface area contributed by atoms with E-state index in [-0.39, 0.29) is 24.4 Å². The second-order valence-electron chi connectivity index (χ2n) is 6.99. The van der Waals surface area contributed by atoms with Gasteiger partial charge in [-0.25, -0.2) is 4.79 Å². The van der Waals surface area contributed by atoms with Gasteiger partial charge in [-0.15, -0.1) is 0 Å². The van der Waals surface area contributed by atoms with Gasteiger partial charge in [-0.3, -0.25) is 14.5 Å². The average Bonchev–Trinajstić information content (AvgIpc) is 2.77. The van der Waals surface area contributed by atoms with Crippen molar-refractivity contribution in [3.05, 3.63) is 83.4 Å². The second-order valence-corrected chi connectivity index (χ2v) is 6.99. The molecule has 0 spiro atoms. The minimum atomic E-state index is -0.342. The maximum atomic E-state index is 12.7. The zero-order valence-corrected chi connectivity index (χ0v) is 16.6. The molecule has 4 amide bonds. The predicted molar refractivity (Wildman–Crippen MR) is 117 cm³/mol. The summed E-state index contributed by atoms with van der Waals surface area (Å²) in [5, 5.41) is 7.06. The quantitative estimate of drug-likeness (QED) is 0.624. The Balaban J connectivity index is 1.57. The van der Waals surface area contributed by atoms with E-state index in [0.717, 1.165) is 16.5 Å². The van der Waals surface area contributed by atoms with Crippen molar-refractivity contribution in [2.45, 2.75) is 13.5 Å². The first-order valence-electron chi connectivity index (χ1n) is 9.71. The Labute approximate surface area is 174 Å². The maximum absolute atomic E-state index is 12.7. The van der Waals surface area contributed by atoms with Crippen molar-refractivity contribution in [3.8, 4) is 0 Å². The van der Waals surface area contributed by atoms with Crippen LogP contribution in [-0.2, 0) is 6.54 Å². The lowest BCUT2D eigenvalue weighted by Crippen LogP contribution is -2.40. The highest BCUT2D eigenvalue weighted by Gasteiger charge is 2.32. The Morgan fingerprint density at radius 2 is 1.70 bits per heavy atom. The van der Waals surface area contributed by atoms with E-state index < -0.39 is 0 Å².